The Morgan fingerprint density at radius 3 is 2.82 bits per heavy atom. The molecule has 0 aromatic heterocycles. The van der Waals surface area contributed by atoms with E-state index in [4.69, 9.17) is 9.47 Å². The normalized spacial score (nSPS) is 19.0. The number of amides is 1. The molecule has 28 heavy (non-hydrogen) atoms. The van der Waals surface area contributed by atoms with Crippen LogP contribution in [-0.4, -0.2) is 41.4 Å². The van der Waals surface area contributed by atoms with E-state index in [0.717, 1.165) is 16.3 Å². The van der Waals surface area contributed by atoms with Crippen LogP contribution in [0.5, 0.6) is 5.75 Å². The highest BCUT2D eigenvalue weighted by molar-refractivity contribution is 8.15. The maximum atomic E-state index is 12.9. The van der Waals surface area contributed by atoms with Crippen LogP contribution in [-0.2, 0) is 14.3 Å². The number of hydrogen-bond acceptors (Lipinski definition) is 6. The van der Waals surface area contributed by atoms with Crippen molar-refractivity contribution in [2.75, 3.05) is 19.5 Å². The maximum Gasteiger partial charge on any atom is 0.338 e. The van der Waals surface area contributed by atoms with Gasteiger partial charge >= 0.3 is 5.97 Å². The van der Waals surface area contributed by atoms with Gasteiger partial charge in [-0.15, -0.1) is 0 Å². The van der Waals surface area contributed by atoms with E-state index in [9.17, 15) is 9.59 Å². The molecule has 1 saturated heterocycles. The average molecular weight is 396 g/mol. The SMILES string of the molecule is CCOC(=O)C1=C(C)N=C2SCC(=O)N2[C@H]1c1c(OC)ccc2ccccc12. The highest BCUT2D eigenvalue weighted by atomic mass is 32.2. The summed E-state index contributed by atoms with van der Waals surface area (Å²) >= 11 is 1.38. The molecular weight excluding hydrogens is 376 g/mol. The molecule has 7 heteroatoms. The molecule has 0 aliphatic carbocycles. The quantitative estimate of drug-likeness (QED) is 0.738. The Morgan fingerprint density at radius 2 is 2.07 bits per heavy atom. The van der Waals surface area contributed by atoms with Crippen LogP contribution < -0.4 is 4.74 Å². The summed E-state index contributed by atoms with van der Waals surface area (Å²) in [5.74, 6) is 0.362. The molecule has 2 aromatic carbocycles. The number of amidine groups is 1. The van der Waals surface area contributed by atoms with Crippen LogP contribution in [0.15, 0.2) is 52.7 Å². The molecule has 0 radical (unpaired) electrons. The van der Waals surface area contributed by atoms with Gasteiger partial charge in [-0.2, -0.15) is 0 Å². The molecule has 1 amide bonds. The van der Waals surface area contributed by atoms with Crippen LogP contribution in [0.25, 0.3) is 10.8 Å². The predicted molar refractivity (Wildman–Crippen MR) is 109 cm³/mol. The number of hydrogen-bond donors (Lipinski definition) is 0. The highest BCUT2D eigenvalue weighted by Gasteiger charge is 2.44. The number of ether oxygens (including phenoxy) is 2. The third kappa shape index (κ3) is 2.86. The number of benzene rings is 2. The molecule has 0 spiro atoms. The second-order valence-electron chi connectivity index (χ2n) is 6.47. The number of allylic oxidation sites excluding steroid dienone is 1. The molecule has 0 saturated carbocycles. The van der Waals surface area contributed by atoms with Crippen molar-refractivity contribution in [2.24, 2.45) is 4.99 Å². The van der Waals surface area contributed by atoms with Gasteiger partial charge in [0, 0.05) is 5.56 Å². The standard InChI is InChI=1S/C21H20N2O4S/c1-4-27-20(25)17-12(2)22-21-23(16(24)11-28-21)19(17)18-14-8-6-5-7-13(14)9-10-15(18)26-3/h5-10,19H,4,11H2,1-3H3/t19-/m1/s1. The Hall–Kier alpha value is -2.80. The van der Waals surface area contributed by atoms with E-state index in [0.29, 0.717) is 27.9 Å². The minimum atomic E-state index is -0.643. The van der Waals surface area contributed by atoms with Gasteiger partial charge in [-0.25, -0.2) is 9.79 Å². The third-order valence-electron chi connectivity index (χ3n) is 4.90. The first kappa shape index (κ1) is 18.6. The van der Waals surface area contributed by atoms with E-state index in [1.807, 2.05) is 36.4 Å². The number of methoxy groups -OCH3 is 1. The first-order valence-corrected chi connectivity index (χ1v) is 10.0. The van der Waals surface area contributed by atoms with E-state index in [2.05, 4.69) is 4.99 Å². The number of carbonyl (C=O) groups is 2. The number of fused-ring (bicyclic) bond motifs is 2. The molecule has 0 unspecified atom stereocenters. The third-order valence-corrected chi connectivity index (χ3v) is 5.84. The Kier molecular flexibility index (Phi) is 4.85. The predicted octanol–water partition coefficient (Wildman–Crippen LogP) is 3.67. The fourth-order valence-corrected chi connectivity index (χ4v) is 4.66. The fourth-order valence-electron chi connectivity index (χ4n) is 3.72. The fraction of sp³-hybridized carbons (Fsp3) is 0.286. The lowest BCUT2D eigenvalue weighted by Crippen LogP contribution is -2.40. The summed E-state index contributed by atoms with van der Waals surface area (Å²) in [7, 11) is 1.59. The minimum absolute atomic E-state index is 0.0852. The zero-order valence-electron chi connectivity index (χ0n) is 15.9. The Morgan fingerprint density at radius 1 is 1.29 bits per heavy atom. The molecular formula is C21H20N2O4S. The average Bonchev–Trinajstić information content (AvgIpc) is 3.06. The van der Waals surface area contributed by atoms with Gasteiger partial charge in [0.25, 0.3) is 0 Å². The van der Waals surface area contributed by atoms with Crippen molar-refractivity contribution in [2.45, 2.75) is 19.9 Å². The molecule has 6 nitrogen and oxygen atoms in total. The number of carbonyl (C=O) groups excluding carboxylic acids is 2. The van der Waals surface area contributed by atoms with Crippen molar-refractivity contribution in [1.82, 2.24) is 4.90 Å². The van der Waals surface area contributed by atoms with Crippen molar-refractivity contribution < 1.29 is 19.1 Å². The smallest absolute Gasteiger partial charge is 0.338 e. The van der Waals surface area contributed by atoms with Crippen LogP contribution >= 0.6 is 11.8 Å². The first-order valence-electron chi connectivity index (χ1n) is 9.03. The number of rotatable bonds is 4. The first-order chi connectivity index (χ1) is 13.6. The molecule has 2 aliphatic rings. The minimum Gasteiger partial charge on any atom is -0.496 e. The van der Waals surface area contributed by atoms with E-state index in [1.165, 1.54) is 11.8 Å². The van der Waals surface area contributed by atoms with Crippen molar-refractivity contribution in [3.8, 4) is 5.75 Å². The number of nitrogens with zero attached hydrogens (tertiary/aromatic N) is 2. The largest absolute Gasteiger partial charge is 0.496 e. The molecule has 144 valence electrons. The van der Waals surface area contributed by atoms with Crippen LogP contribution in [0.3, 0.4) is 0 Å². The van der Waals surface area contributed by atoms with E-state index < -0.39 is 12.0 Å². The topological polar surface area (TPSA) is 68.2 Å². The summed E-state index contributed by atoms with van der Waals surface area (Å²) in [6.07, 6.45) is 0. The Balaban J connectivity index is 2.02. The van der Waals surface area contributed by atoms with Crippen molar-refractivity contribution in [3.63, 3.8) is 0 Å². The summed E-state index contributed by atoms with van der Waals surface area (Å²) < 4.78 is 11.0. The molecule has 2 aliphatic heterocycles. The van der Waals surface area contributed by atoms with Gasteiger partial charge in [-0.3, -0.25) is 9.69 Å². The lowest BCUT2D eigenvalue weighted by Gasteiger charge is -2.34. The van der Waals surface area contributed by atoms with Gasteiger partial charge in [-0.05, 0) is 30.7 Å². The van der Waals surface area contributed by atoms with Crippen LogP contribution in [0.2, 0.25) is 0 Å². The Bertz CT molecular complexity index is 1040. The molecule has 1 atom stereocenters. The summed E-state index contributed by atoms with van der Waals surface area (Å²) in [6, 6.07) is 11.1. The lowest BCUT2D eigenvalue weighted by molar-refractivity contribution is -0.139. The molecule has 2 aromatic rings. The van der Waals surface area contributed by atoms with Gasteiger partial charge in [0.05, 0.1) is 30.7 Å². The van der Waals surface area contributed by atoms with Crippen LogP contribution in [0.1, 0.15) is 25.5 Å². The molecule has 1 fully saturated rings. The zero-order chi connectivity index (χ0) is 19.8. The lowest BCUT2D eigenvalue weighted by atomic mass is 9.89. The second kappa shape index (κ2) is 7.31. The van der Waals surface area contributed by atoms with Gasteiger partial charge < -0.3 is 9.47 Å². The Labute approximate surface area is 167 Å². The van der Waals surface area contributed by atoms with E-state index >= 15 is 0 Å². The van der Waals surface area contributed by atoms with E-state index in [-0.39, 0.29) is 12.5 Å². The molecule has 0 bridgehead atoms. The monoisotopic (exact) mass is 396 g/mol. The number of thioether (sulfide) groups is 1. The van der Waals surface area contributed by atoms with Crippen LogP contribution in [0.4, 0.5) is 0 Å². The van der Waals surface area contributed by atoms with Crippen molar-refractivity contribution in [1.29, 1.82) is 0 Å². The molecule has 4 rings (SSSR count). The van der Waals surface area contributed by atoms with Crippen molar-refractivity contribution in [3.05, 3.63) is 53.2 Å². The van der Waals surface area contributed by atoms with Gasteiger partial charge in [0.15, 0.2) is 5.17 Å². The van der Waals surface area contributed by atoms with Gasteiger partial charge in [-0.1, -0.05) is 42.1 Å². The second-order valence-corrected chi connectivity index (χ2v) is 7.41. The summed E-state index contributed by atoms with van der Waals surface area (Å²) in [4.78, 5) is 31.8. The van der Waals surface area contributed by atoms with Crippen molar-refractivity contribution >= 4 is 39.6 Å². The molecule has 0 N–H and O–H groups in total. The maximum absolute atomic E-state index is 12.9. The van der Waals surface area contributed by atoms with Gasteiger partial charge in [0.2, 0.25) is 5.91 Å². The number of aliphatic imine (C=N–C) groups is 1. The summed E-state index contributed by atoms with van der Waals surface area (Å²) in [5, 5.41) is 2.53. The summed E-state index contributed by atoms with van der Waals surface area (Å²) in [6.45, 7) is 3.79. The van der Waals surface area contributed by atoms with Gasteiger partial charge in [0.1, 0.15) is 11.8 Å². The molecule has 2 heterocycles. The number of esters is 1. The highest BCUT2D eigenvalue weighted by Crippen LogP contribution is 2.46. The van der Waals surface area contributed by atoms with Crippen LogP contribution in [0, 0.1) is 0 Å². The zero-order valence-corrected chi connectivity index (χ0v) is 16.7. The van der Waals surface area contributed by atoms with E-state index in [1.54, 1.807) is 25.9 Å². The summed E-state index contributed by atoms with van der Waals surface area (Å²) in [5.41, 5.74) is 1.70.